The smallest absolute Gasteiger partial charge is 0.186 e. The van der Waals surface area contributed by atoms with E-state index in [2.05, 4.69) is 0 Å². The lowest BCUT2D eigenvalue weighted by atomic mass is 9.99. The summed E-state index contributed by atoms with van der Waals surface area (Å²) in [7, 11) is 1.25. The van der Waals surface area contributed by atoms with Gasteiger partial charge in [0, 0.05) is 7.11 Å². The molecule has 0 aliphatic carbocycles. The van der Waals surface area contributed by atoms with Gasteiger partial charge in [0.1, 0.15) is 42.7 Å². The number of hydrogen-bond donors (Lipinski definition) is 6. The molecule has 0 aromatic rings. The molecule has 2 saturated heterocycles. The minimum absolute atomic E-state index is 0.228. The molecule has 10 heteroatoms. The van der Waals surface area contributed by atoms with Crippen LogP contribution in [0.3, 0.4) is 0 Å². The van der Waals surface area contributed by atoms with Crippen LogP contribution in [0.4, 0.5) is 0 Å². The van der Waals surface area contributed by atoms with Gasteiger partial charge in [-0.25, -0.2) is 0 Å². The van der Waals surface area contributed by atoms with Crippen LogP contribution in [0.15, 0.2) is 0 Å². The van der Waals surface area contributed by atoms with Crippen molar-refractivity contribution in [2.75, 3.05) is 20.3 Å². The Morgan fingerprint density at radius 3 is 2.27 bits per heavy atom. The van der Waals surface area contributed by atoms with E-state index in [-0.39, 0.29) is 13.2 Å². The van der Waals surface area contributed by atoms with Gasteiger partial charge in [-0.15, -0.1) is 0 Å². The Kier molecular flexibility index (Phi) is 6.07. The molecule has 0 saturated carbocycles. The first-order valence-corrected chi connectivity index (χ1v) is 6.86. The molecule has 2 aliphatic rings. The van der Waals surface area contributed by atoms with Gasteiger partial charge in [0.25, 0.3) is 0 Å². The summed E-state index contributed by atoms with van der Waals surface area (Å²) in [6.07, 6.45) is -11.8. The van der Waals surface area contributed by atoms with Crippen molar-refractivity contribution in [1.82, 2.24) is 0 Å². The van der Waals surface area contributed by atoms with Crippen molar-refractivity contribution in [2.24, 2.45) is 0 Å². The van der Waals surface area contributed by atoms with Gasteiger partial charge in [-0.2, -0.15) is 0 Å². The van der Waals surface area contributed by atoms with Crippen LogP contribution < -0.4 is 0 Å². The van der Waals surface area contributed by atoms with Crippen LogP contribution in [0.1, 0.15) is 0 Å². The lowest BCUT2D eigenvalue weighted by Crippen LogP contribution is -2.60. The summed E-state index contributed by atoms with van der Waals surface area (Å²) >= 11 is 0. The Hall–Kier alpha value is -0.400. The minimum Gasteiger partial charge on any atom is -0.388 e. The summed E-state index contributed by atoms with van der Waals surface area (Å²) < 4.78 is 20.1. The molecule has 6 N–H and O–H groups in total. The minimum atomic E-state index is -1.48. The molecule has 130 valence electrons. The average molecular weight is 326 g/mol. The van der Waals surface area contributed by atoms with Crippen LogP contribution in [0.25, 0.3) is 0 Å². The van der Waals surface area contributed by atoms with Crippen molar-refractivity contribution in [1.29, 1.82) is 0 Å². The van der Waals surface area contributed by atoms with Crippen LogP contribution in [-0.4, -0.2) is 106 Å². The molecule has 2 rings (SSSR count). The van der Waals surface area contributed by atoms with Crippen molar-refractivity contribution in [3.8, 4) is 0 Å². The highest BCUT2D eigenvalue weighted by atomic mass is 16.7. The standard InChI is InChI=1S/C12H22O10/c1-19-10-8(16)7(15)5(22-11(10)18)3-21-12-9(17)6(14)4(13)2-20-12/h4-18H,2-3H2,1H3/t4-,5-,6+,7+,8+,9-,10-,11-,12+/m1/s1. The zero-order valence-corrected chi connectivity index (χ0v) is 11.9. The maximum Gasteiger partial charge on any atom is 0.186 e. The maximum atomic E-state index is 9.91. The van der Waals surface area contributed by atoms with E-state index in [1.165, 1.54) is 7.11 Å². The largest absolute Gasteiger partial charge is 0.388 e. The van der Waals surface area contributed by atoms with Crippen LogP contribution in [0.5, 0.6) is 0 Å². The van der Waals surface area contributed by atoms with Crippen molar-refractivity contribution in [3.63, 3.8) is 0 Å². The predicted octanol–water partition coefficient (Wildman–Crippen LogP) is -4.10. The van der Waals surface area contributed by atoms with E-state index in [0.717, 1.165) is 0 Å². The van der Waals surface area contributed by atoms with E-state index in [9.17, 15) is 30.6 Å². The van der Waals surface area contributed by atoms with E-state index in [4.69, 9.17) is 18.9 Å². The molecule has 2 aliphatic heterocycles. The van der Waals surface area contributed by atoms with Gasteiger partial charge in [0.2, 0.25) is 0 Å². The summed E-state index contributed by atoms with van der Waals surface area (Å²) in [5, 5.41) is 57.9. The number of aliphatic hydroxyl groups excluding tert-OH is 6. The molecule has 2 fully saturated rings. The predicted molar refractivity (Wildman–Crippen MR) is 67.4 cm³/mol. The molecular formula is C12H22O10. The van der Waals surface area contributed by atoms with Crippen LogP contribution >= 0.6 is 0 Å². The molecule has 0 unspecified atom stereocenters. The van der Waals surface area contributed by atoms with Gasteiger partial charge in [-0.1, -0.05) is 0 Å². The van der Waals surface area contributed by atoms with E-state index >= 15 is 0 Å². The van der Waals surface area contributed by atoms with Gasteiger partial charge in [-0.3, -0.25) is 0 Å². The second-order valence-electron chi connectivity index (χ2n) is 5.33. The van der Waals surface area contributed by atoms with Crippen molar-refractivity contribution >= 4 is 0 Å². The first-order valence-electron chi connectivity index (χ1n) is 6.86. The summed E-state index contributed by atoms with van der Waals surface area (Å²) in [5.74, 6) is 0. The Bertz CT molecular complexity index is 355. The summed E-state index contributed by atoms with van der Waals surface area (Å²) in [6.45, 7) is -0.551. The molecular weight excluding hydrogens is 304 g/mol. The third-order valence-corrected chi connectivity index (χ3v) is 3.81. The number of rotatable bonds is 4. The quantitative estimate of drug-likeness (QED) is 0.300. The Balaban J connectivity index is 1.89. The molecule has 0 bridgehead atoms. The van der Waals surface area contributed by atoms with E-state index < -0.39 is 55.3 Å². The molecule has 10 nitrogen and oxygen atoms in total. The second-order valence-corrected chi connectivity index (χ2v) is 5.33. The highest BCUT2D eigenvalue weighted by molar-refractivity contribution is 4.90. The number of hydrogen-bond acceptors (Lipinski definition) is 10. The monoisotopic (exact) mass is 326 g/mol. The fraction of sp³-hybridized carbons (Fsp3) is 1.00. The van der Waals surface area contributed by atoms with E-state index in [1.807, 2.05) is 0 Å². The summed E-state index contributed by atoms with van der Waals surface area (Å²) in [4.78, 5) is 0. The fourth-order valence-electron chi connectivity index (χ4n) is 2.43. The Labute approximate surface area is 126 Å². The Morgan fingerprint density at radius 1 is 0.955 bits per heavy atom. The molecule has 22 heavy (non-hydrogen) atoms. The normalized spacial score (nSPS) is 50.0. The summed E-state index contributed by atoms with van der Waals surface area (Å²) in [6, 6.07) is 0. The second kappa shape index (κ2) is 7.45. The van der Waals surface area contributed by atoms with Crippen LogP contribution in [0, 0.1) is 0 Å². The van der Waals surface area contributed by atoms with Crippen molar-refractivity contribution < 1.29 is 49.6 Å². The Morgan fingerprint density at radius 2 is 1.64 bits per heavy atom. The third-order valence-electron chi connectivity index (χ3n) is 3.81. The fourth-order valence-corrected chi connectivity index (χ4v) is 2.43. The van der Waals surface area contributed by atoms with E-state index in [1.54, 1.807) is 0 Å². The summed E-state index contributed by atoms with van der Waals surface area (Å²) in [5.41, 5.74) is 0. The average Bonchev–Trinajstić information content (AvgIpc) is 2.49. The van der Waals surface area contributed by atoms with Gasteiger partial charge < -0.3 is 49.6 Å². The van der Waals surface area contributed by atoms with Gasteiger partial charge >= 0.3 is 0 Å². The van der Waals surface area contributed by atoms with Crippen molar-refractivity contribution in [3.05, 3.63) is 0 Å². The zero-order chi connectivity index (χ0) is 16.4. The first-order chi connectivity index (χ1) is 10.4. The molecule has 9 atom stereocenters. The zero-order valence-electron chi connectivity index (χ0n) is 11.9. The molecule has 0 spiro atoms. The lowest BCUT2D eigenvalue weighted by molar-refractivity contribution is -0.315. The van der Waals surface area contributed by atoms with Crippen LogP contribution in [-0.2, 0) is 18.9 Å². The van der Waals surface area contributed by atoms with Crippen LogP contribution in [0.2, 0.25) is 0 Å². The van der Waals surface area contributed by atoms with E-state index in [0.29, 0.717) is 0 Å². The van der Waals surface area contributed by atoms with Crippen molar-refractivity contribution in [2.45, 2.75) is 55.3 Å². The molecule has 0 aromatic carbocycles. The SMILES string of the molecule is CO[C@@H]1[C@@H](O)[C@@H](O)[C@@H](CO[C@@H]2OC[C@@H](O)[C@H](O)[C@H]2O)O[C@H]1O. The first kappa shape index (κ1) is 17.9. The topological polar surface area (TPSA) is 158 Å². The highest BCUT2D eigenvalue weighted by Crippen LogP contribution is 2.23. The van der Waals surface area contributed by atoms with Gasteiger partial charge in [0.05, 0.1) is 13.2 Å². The molecule has 0 radical (unpaired) electrons. The van der Waals surface area contributed by atoms with Gasteiger partial charge in [-0.05, 0) is 0 Å². The molecule has 0 aromatic heterocycles. The van der Waals surface area contributed by atoms with Gasteiger partial charge in [0.15, 0.2) is 12.6 Å². The maximum absolute atomic E-state index is 9.91. The molecule has 0 amide bonds. The number of ether oxygens (including phenoxy) is 4. The number of methoxy groups -OCH3 is 1. The highest BCUT2D eigenvalue weighted by Gasteiger charge is 2.45. The lowest BCUT2D eigenvalue weighted by Gasteiger charge is -2.41. The third kappa shape index (κ3) is 3.57. The number of aliphatic hydroxyl groups is 6. The molecule has 2 heterocycles.